The first-order valence-corrected chi connectivity index (χ1v) is 5.21. The number of carbonyl (C=O) groups is 2. The van der Waals surface area contributed by atoms with E-state index in [0.29, 0.717) is 0 Å². The second-order valence-electron chi connectivity index (χ2n) is 3.19. The number of ether oxygens (including phenoxy) is 2. The lowest BCUT2D eigenvalue weighted by molar-refractivity contribution is -0.132. The zero-order valence-electron chi connectivity index (χ0n) is 10.0. The molecule has 0 spiro atoms. The maximum absolute atomic E-state index is 11.9. The minimum atomic E-state index is -1.36. The molecule has 0 fully saturated rings. The van der Waals surface area contributed by atoms with Crippen LogP contribution in [0.15, 0.2) is 30.0 Å². The minimum absolute atomic E-state index is 0.0114. The second kappa shape index (κ2) is 6.39. The summed E-state index contributed by atoms with van der Waals surface area (Å²) in [4.78, 5) is 26.7. The molecule has 1 aromatic heterocycles. The highest BCUT2D eigenvalue weighted by atomic mass is 16.5. The number of pyridine rings is 1. The fourth-order valence-corrected chi connectivity index (χ4v) is 1.16. The van der Waals surface area contributed by atoms with Gasteiger partial charge in [0.05, 0.1) is 13.7 Å². The molecule has 1 rings (SSSR count). The maximum atomic E-state index is 11.9. The highest BCUT2D eigenvalue weighted by Gasteiger charge is 2.21. The van der Waals surface area contributed by atoms with Crippen molar-refractivity contribution >= 4 is 11.8 Å². The van der Waals surface area contributed by atoms with Crippen LogP contribution in [-0.4, -0.2) is 35.6 Å². The van der Waals surface area contributed by atoms with Gasteiger partial charge in [-0.05, 0) is 13.0 Å². The van der Waals surface area contributed by atoms with E-state index in [9.17, 15) is 9.59 Å². The highest BCUT2D eigenvalue weighted by molar-refractivity contribution is 6.22. The Kier molecular flexibility index (Phi) is 4.86. The summed E-state index contributed by atoms with van der Waals surface area (Å²) in [6.07, 6.45) is 0.922. The van der Waals surface area contributed by atoms with Gasteiger partial charge in [0.2, 0.25) is 11.7 Å². The average Bonchev–Trinajstić information content (AvgIpc) is 2.38. The van der Waals surface area contributed by atoms with E-state index in [-0.39, 0.29) is 18.2 Å². The smallest absolute Gasteiger partial charge is 0.342 e. The molecule has 0 aromatic carbocycles. The molecule has 1 heterocycles. The topological polar surface area (TPSA) is 85.7 Å². The Bertz CT molecular complexity index is 481. The van der Waals surface area contributed by atoms with E-state index in [4.69, 9.17) is 14.6 Å². The number of Topliss-reactive ketones (excluding diaryl/α,β-unsaturated/α-hetero) is 1. The molecule has 0 saturated carbocycles. The molecule has 1 N–H and O–H groups in total. The van der Waals surface area contributed by atoms with Gasteiger partial charge in [-0.2, -0.15) is 0 Å². The first-order chi connectivity index (χ1) is 8.60. The molecule has 0 saturated heterocycles. The first-order valence-electron chi connectivity index (χ1n) is 5.21. The summed E-state index contributed by atoms with van der Waals surface area (Å²) in [6, 6.07) is 4.52. The van der Waals surface area contributed by atoms with E-state index in [2.05, 4.69) is 4.98 Å². The van der Waals surface area contributed by atoms with Crippen LogP contribution in [-0.2, 0) is 9.53 Å². The summed E-state index contributed by atoms with van der Waals surface area (Å²) >= 11 is 0. The van der Waals surface area contributed by atoms with Crippen LogP contribution in [0.2, 0.25) is 0 Å². The third-order valence-corrected chi connectivity index (χ3v) is 2.01. The van der Waals surface area contributed by atoms with Crippen LogP contribution in [0, 0.1) is 0 Å². The average molecular weight is 251 g/mol. The van der Waals surface area contributed by atoms with Gasteiger partial charge in [-0.1, -0.05) is 6.07 Å². The van der Waals surface area contributed by atoms with Crippen LogP contribution in [0.1, 0.15) is 17.4 Å². The zero-order chi connectivity index (χ0) is 13.5. The number of ketones is 1. The number of carbonyl (C=O) groups excluding carboxylic acids is 1. The molecule has 0 amide bonds. The Hall–Kier alpha value is -2.37. The van der Waals surface area contributed by atoms with Crippen LogP contribution < -0.4 is 4.74 Å². The van der Waals surface area contributed by atoms with Gasteiger partial charge in [0, 0.05) is 6.07 Å². The van der Waals surface area contributed by atoms with Crippen molar-refractivity contribution in [2.75, 3.05) is 13.7 Å². The van der Waals surface area contributed by atoms with Crippen LogP contribution in [0.3, 0.4) is 0 Å². The predicted octanol–water partition coefficient (Wildman–Crippen LogP) is 1.28. The quantitative estimate of drug-likeness (QED) is 0.269. The molecule has 0 bridgehead atoms. The van der Waals surface area contributed by atoms with E-state index in [1.807, 2.05) is 0 Å². The van der Waals surface area contributed by atoms with Crippen molar-refractivity contribution in [1.82, 2.24) is 4.98 Å². The number of hydrogen-bond donors (Lipinski definition) is 1. The number of aromatic nitrogens is 1. The Morgan fingerprint density at radius 2 is 2.17 bits per heavy atom. The molecule has 1 aromatic rings. The number of hydrogen-bond acceptors (Lipinski definition) is 5. The molecular weight excluding hydrogens is 238 g/mol. The summed E-state index contributed by atoms with van der Waals surface area (Å²) in [5.74, 6) is -1.85. The third kappa shape index (κ3) is 3.31. The summed E-state index contributed by atoms with van der Waals surface area (Å²) in [5, 5.41) is 8.93. The van der Waals surface area contributed by atoms with Gasteiger partial charge in [-0.3, -0.25) is 4.79 Å². The second-order valence-corrected chi connectivity index (χ2v) is 3.19. The third-order valence-electron chi connectivity index (χ3n) is 2.01. The van der Waals surface area contributed by atoms with Crippen LogP contribution in [0.25, 0.3) is 0 Å². The lowest BCUT2D eigenvalue weighted by Crippen LogP contribution is -2.14. The van der Waals surface area contributed by atoms with Crippen molar-refractivity contribution < 1.29 is 24.2 Å². The molecule has 18 heavy (non-hydrogen) atoms. The van der Waals surface area contributed by atoms with Gasteiger partial charge < -0.3 is 14.6 Å². The Labute approximate surface area is 104 Å². The largest absolute Gasteiger partial charge is 0.500 e. The number of carboxylic acid groups (broad SMARTS) is 1. The molecule has 0 unspecified atom stereocenters. The first kappa shape index (κ1) is 13.7. The number of rotatable bonds is 6. The van der Waals surface area contributed by atoms with Crippen molar-refractivity contribution in [3.05, 3.63) is 35.7 Å². The number of methoxy groups -OCH3 is 1. The molecule has 0 atom stereocenters. The van der Waals surface area contributed by atoms with Crippen molar-refractivity contribution in [2.45, 2.75) is 6.92 Å². The van der Waals surface area contributed by atoms with Crippen LogP contribution >= 0.6 is 0 Å². The van der Waals surface area contributed by atoms with Gasteiger partial charge in [-0.15, -0.1) is 0 Å². The molecule has 6 nitrogen and oxygen atoms in total. The lowest BCUT2D eigenvalue weighted by Gasteiger charge is -2.04. The highest BCUT2D eigenvalue weighted by Crippen LogP contribution is 2.11. The minimum Gasteiger partial charge on any atom is -0.500 e. The molecule has 6 heteroatoms. The van der Waals surface area contributed by atoms with E-state index in [1.54, 1.807) is 19.1 Å². The number of carboxylic acids is 1. The predicted molar refractivity (Wildman–Crippen MR) is 62.5 cm³/mol. The van der Waals surface area contributed by atoms with Crippen molar-refractivity contribution in [2.24, 2.45) is 0 Å². The summed E-state index contributed by atoms with van der Waals surface area (Å²) in [5.41, 5.74) is -0.486. The van der Waals surface area contributed by atoms with Crippen molar-refractivity contribution in [1.29, 1.82) is 0 Å². The zero-order valence-corrected chi connectivity index (χ0v) is 10.0. The summed E-state index contributed by atoms with van der Waals surface area (Å²) in [7, 11) is 1.41. The van der Waals surface area contributed by atoms with Crippen molar-refractivity contribution in [3.8, 4) is 5.88 Å². The molecule has 0 aliphatic rings. The summed E-state index contributed by atoms with van der Waals surface area (Å²) in [6.45, 7) is 1.96. The molecule has 0 radical (unpaired) electrons. The molecule has 96 valence electrons. The fourth-order valence-electron chi connectivity index (χ4n) is 1.16. The fraction of sp³-hybridized carbons (Fsp3) is 0.250. The number of aliphatic carboxylic acids is 1. The van der Waals surface area contributed by atoms with Crippen LogP contribution in [0.5, 0.6) is 5.88 Å². The van der Waals surface area contributed by atoms with E-state index in [1.165, 1.54) is 13.2 Å². The molecule has 0 aliphatic heterocycles. The maximum Gasteiger partial charge on any atom is 0.342 e. The van der Waals surface area contributed by atoms with Crippen molar-refractivity contribution in [3.63, 3.8) is 0 Å². The molecule has 0 aliphatic carbocycles. The normalized spacial score (nSPS) is 10.9. The van der Waals surface area contributed by atoms with E-state index < -0.39 is 17.3 Å². The lowest BCUT2D eigenvalue weighted by atomic mass is 10.1. The van der Waals surface area contributed by atoms with Gasteiger partial charge in [0.1, 0.15) is 17.5 Å². The Morgan fingerprint density at radius 3 is 2.72 bits per heavy atom. The Morgan fingerprint density at radius 1 is 1.44 bits per heavy atom. The number of nitrogens with zero attached hydrogens (tertiary/aromatic N) is 1. The van der Waals surface area contributed by atoms with E-state index >= 15 is 0 Å². The monoisotopic (exact) mass is 251 g/mol. The van der Waals surface area contributed by atoms with E-state index in [0.717, 1.165) is 6.26 Å². The standard InChI is InChI=1S/C12H13NO5/c1-3-18-7-8(12(15)16)11(14)9-5-4-6-10(13-9)17-2/h4-7H,3H2,1-2H3,(H,15,16)/b8-7+. The Balaban J connectivity index is 3.05. The van der Waals surface area contributed by atoms with Crippen LogP contribution in [0.4, 0.5) is 0 Å². The summed E-state index contributed by atoms with van der Waals surface area (Å²) < 4.78 is 9.70. The van der Waals surface area contributed by atoms with Gasteiger partial charge >= 0.3 is 5.97 Å². The molecular formula is C12H13NO5. The van der Waals surface area contributed by atoms with Gasteiger partial charge in [0.25, 0.3) is 0 Å². The van der Waals surface area contributed by atoms with Gasteiger partial charge in [0.15, 0.2) is 0 Å². The van der Waals surface area contributed by atoms with Gasteiger partial charge in [-0.25, -0.2) is 9.78 Å². The SMILES string of the molecule is CCO/C=C(/C(=O)O)C(=O)c1cccc(OC)n1.